The predicted molar refractivity (Wildman–Crippen MR) is 82.5 cm³/mol. The summed E-state index contributed by atoms with van der Waals surface area (Å²) >= 11 is 1.89. The van der Waals surface area contributed by atoms with Crippen molar-refractivity contribution in [3.05, 3.63) is 48.0 Å². The zero-order valence-electron chi connectivity index (χ0n) is 11.2. The van der Waals surface area contributed by atoms with Gasteiger partial charge in [0.15, 0.2) is 0 Å². The van der Waals surface area contributed by atoms with Gasteiger partial charge in [0.1, 0.15) is 0 Å². The van der Waals surface area contributed by atoms with Crippen LogP contribution in [0.4, 0.5) is 0 Å². The van der Waals surface area contributed by atoms with E-state index in [1.807, 2.05) is 11.3 Å². The number of benzene rings is 2. The molecule has 0 aliphatic heterocycles. The molecule has 0 spiro atoms. The van der Waals surface area contributed by atoms with Crippen molar-refractivity contribution in [2.75, 3.05) is 0 Å². The fraction of sp³-hybridized carbons (Fsp3) is 0.294. The first-order chi connectivity index (χ1) is 8.53. The molecule has 0 aliphatic carbocycles. The summed E-state index contributed by atoms with van der Waals surface area (Å²) in [6.07, 6.45) is 1.13. The summed E-state index contributed by atoms with van der Waals surface area (Å²) in [6, 6.07) is 15.6. The van der Waals surface area contributed by atoms with Gasteiger partial charge >= 0.3 is 0 Å². The van der Waals surface area contributed by atoms with E-state index in [0.29, 0.717) is 5.41 Å². The van der Waals surface area contributed by atoms with Gasteiger partial charge in [-0.2, -0.15) is 0 Å². The van der Waals surface area contributed by atoms with Gasteiger partial charge in [-0.3, -0.25) is 0 Å². The molecule has 0 saturated heterocycles. The Morgan fingerprint density at radius 1 is 0.889 bits per heavy atom. The summed E-state index contributed by atoms with van der Waals surface area (Å²) in [6.45, 7) is 6.88. The summed E-state index contributed by atoms with van der Waals surface area (Å²) in [7, 11) is 0. The van der Waals surface area contributed by atoms with E-state index in [4.69, 9.17) is 0 Å². The maximum Gasteiger partial charge on any atom is 0.0355 e. The molecule has 0 saturated carbocycles. The molecule has 1 heteroatoms. The Balaban J connectivity index is 2.18. The zero-order valence-corrected chi connectivity index (χ0v) is 12.0. The molecule has 3 rings (SSSR count). The molecular weight excluding hydrogens is 236 g/mol. The van der Waals surface area contributed by atoms with Crippen LogP contribution in [0.2, 0.25) is 0 Å². The van der Waals surface area contributed by atoms with Crippen LogP contribution in [-0.2, 0) is 6.42 Å². The second kappa shape index (κ2) is 4.10. The molecule has 0 atom stereocenters. The van der Waals surface area contributed by atoms with Gasteiger partial charge in [0.2, 0.25) is 0 Å². The Morgan fingerprint density at radius 2 is 1.61 bits per heavy atom. The summed E-state index contributed by atoms with van der Waals surface area (Å²) in [4.78, 5) is 0. The van der Waals surface area contributed by atoms with Crippen molar-refractivity contribution in [3.8, 4) is 0 Å². The minimum absolute atomic E-state index is 0.347. The molecule has 0 N–H and O–H groups in total. The second-order valence-corrected chi connectivity index (χ2v) is 7.25. The quantitative estimate of drug-likeness (QED) is 0.527. The first-order valence-electron chi connectivity index (χ1n) is 6.43. The molecule has 0 bridgehead atoms. The molecule has 0 radical (unpaired) electrons. The fourth-order valence-corrected chi connectivity index (χ4v) is 3.58. The number of thiophene rings is 1. The van der Waals surface area contributed by atoms with Crippen molar-refractivity contribution in [2.24, 2.45) is 5.41 Å². The highest BCUT2D eigenvalue weighted by Gasteiger charge is 2.12. The monoisotopic (exact) mass is 254 g/mol. The Morgan fingerprint density at radius 3 is 2.39 bits per heavy atom. The van der Waals surface area contributed by atoms with Gasteiger partial charge in [-0.25, -0.2) is 0 Å². The van der Waals surface area contributed by atoms with E-state index >= 15 is 0 Å². The van der Waals surface area contributed by atoms with Crippen LogP contribution >= 0.6 is 11.3 Å². The molecule has 1 heterocycles. The van der Waals surface area contributed by atoms with E-state index in [2.05, 4.69) is 63.2 Å². The number of hydrogen-bond acceptors (Lipinski definition) is 1. The van der Waals surface area contributed by atoms with Gasteiger partial charge in [-0.15, -0.1) is 11.3 Å². The average Bonchev–Trinajstić information content (AvgIpc) is 2.65. The van der Waals surface area contributed by atoms with Crippen molar-refractivity contribution < 1.29 is 0 Å². The summed E-state index contributed by atoms with van der Waals surface area (Å²) in [5, 5.41) is 2.81. The van der Waals surface area contributed by atoms with E-state index in [0.717, 1.165) is 6.42 Å². The number of fused-ring (bicyclic) bond motifs is 3. The SMILES string of the molecule is CC(C)(C)Cc1ccc2sc3ccccc3c2c1. The lowest BCUT2D eigenvalue weighted by molar-refractivity contribution is 0.411. The summed E-state index contributed by atoms with van der Waals surface area (Å²) in [5.74, 6) is 0. The molecule has 1 aromatic heterocycles. The molecule has 0 aliphatic rings. The van der Waals surface area contributed by atoms with Crippen LogP contribution in [0.1, 0.15) is 26.3 Å². The van der Waals surface area contributed by atoms with Gasteiger partial charge in [-0.05, 0) is 35.6 Å². The van der Waals surface area contributed by atoms with Crippen LogP contribution in [0.5, 0.6) is 0 Å². The third-order valence-electron chi connectivity index (χ3n) is 3.18. The first kappa shape index (κ1) is 11.7. The molecule has 92 valence electrons. The highest BCUT2D eigenvalue weighted by atomic mass is 32.1. The van der Waals surface area contributed by atoms with Crippen molar-refractivity contribution in [2.45, 2.75) is 27.2 Å². The third kappa shape index (κ3) is 2.15. The van der Waals surface area contributed by atoms with Gasteiger partial charge in [0.25, 0.3) is 0 Å². The maximum atomic E-state index is 2.37. The van der Waals surface area contributed by atoms with Crippen LogP contribution in [0.15, 0.2) is 42.5 Å². The van der Waals surface area contributed by atoms with Crippen molar-refractivity contribution >= 4 is 31.5 Å². The minimum Gasteiger partial charge on any atom is -0.135 e. The normalized spacial score (nSPS) is 12.4. The van der Waals surface area contributed by atoms with Gasteiger partial charge < -0.3 is 0 Å². The minimum atomic E-state index is 0.347. The highest BCUT2D eigenvalue weighted by Crippen LogP contribution is 2.35. The largest absolute Gasteiger partial charge is 0.135 e. The molecule has 0 amide bonds. The molecule has 18 heavy (non-hydrogen) atoms. The van der Waals surface area contributed by atoms with E-state index < -0.39 is 0 Å². The zero-order chi connectivity index (χ0) is 12.8. The summed E-state index contributed by atoms with van der Waals surface area (Å²) < 4.78 is 2.79. The van der Waals surface area contributed by atoms with E-state index in [1.54, 1.807) is 0 Å². The van der Waals surface area contributed by atoms with Crippen molar-refractivity contribution in [3.63, 3.8) is 0 Å². The van der Waals surface area contributed by atoms with Crippen LogP contribution in [0.25, 0.3) is 20.2 Å². The Bertz CT molecular complexity index is 698. The second-order valence-electron chi connectivity index (χ2n) is 6.17. The molecule has 0 fully saturated rings. The van der Waals surface area contributed by atoms with Crippen LogP contribution in [0, 0.1) is 5.41 Å². The molecule has 0 nitrogen and oxygen atoms in total. The van der Waals surface area contributed by atoms with E-state index in [-0.39, 0.29) is 0 Å². The first-order valence-corrected chi connectivity index (χ1v) is 7.25. The Hall–Kier alpha value is -1.34. The Labute approximate surface area is 112 Å². The lowest BCUT2D eigenvalue weighted by Gasteiger charge is -2.18. The van der Waals surface area contributed by atoms with E-state index in [1.165, 1.54) is 25.7 Å². The average molecular weight is 254 g/mol. The van der Waals surface area contributed by atoms with Gasteiger partial charge in [-0.1, -0.05) is 45.0 Å². The van der Waals surface area contributed by atoms with Crippen molar-refractivity contribution in [1.29, 1.82) is 0 Å². The van der Waals surface area contributed by atoms with Crippen molar-refractivity contribution in [1.82, 2.24) is 0 Å². The van der Waals surface area contributed by atoms with Crippen LogP contribution in [0.3, 0.4) is 0 Å². The lowest BCUT2D eigenvalue weighted by atomic mass is 9.88. The smallest absolute Gasteiger partial charge is 0.0355 e. The number of rotatable bonds is 1. The molecular formula is C17H18S. The highest BCUT2D eigenvalue weighted by molar-refractivity contribution is 7.25. The predicted octanol–water partition coefficient (Wildman–Crippen LogP) is 5.64. The fourth-order valence-electron chi connectivity index (χ4n) is 2.50. The summed E-state index contributed by atoms with van der Waals surface area (Å²) in [5.41, 5.74) is 1.79. The topological polar surface area (TPSA) is 0 Å². The number of hydrogen-bond donors (Lipinski definition) is 0. The van der Waals surface area contributed by atoms with Crippen LogP contribution < -0.4 is 0 Å². The van der Waals surface area contributed by atoms with Crippen LogP contribution in [-0.4, -0.2) is 0 Å². The van der Waals surface area contributed by atoms with E-state index in [9.17, 15) is 0 Å². The standard InChI is InChI=1S/C17H18S/c1-17(2,3)11-12-8-9-16-14(10-12)13-6-4-5-7-15(13)18-16/h4-10H,11H2,1-3H3. The lowest BCUT2D eigenvalue weighted by Crippen LogP contribution is -2.08. The van der Waals surface area contributed by atoms with Gasteiger partial charge in [0, 0.05) is 20.2 Å². The molecule has 0 unspecified atom stereocenters. The third-order valence-corrected chi connectivity index (χ3v) is 4.33. The molecule has 2 aromatic carbocycles. The molecule has 3 aromatic rings. The van der Waals surface area contributed by atoms with Gasteiger partial charge in [0.05, 0.1) is 0 Å². The maximum absolute atomic E-state index is 2.37. The Kier molecular flexibility index (Phi) is 2.67.